The molecule has 1 radical (unpaired) electrons. The molecule has 0 aliphatic carbocycles. The summed E-state index contributed by atoms with van der Waals surface area (Å²) in [5.41, 5.74) is 0. The van der Waals surface area contributed by atoms with Crippen molar-refractivity contribution in [3.63, 3.8) is 0 Å². The maximum atomic E-state index is 11.3. The quantitative estimate of drug-likeness (QED) is 0.640. The first-order valence-corrected chi connectivity index (χ1v) is 8.45. The van der Waals surface area contributed by atoms with Crippen molar-refractivity contribution in [1.82, 2.24) is 15.0 Å². The third-order valence-electron chi connectivity index (χ3n) is 1.90. The van der Waals surface area contributed by atoms with Crippen LogP contribution in [-0.4, -0.2) is 65.0 Å². The predicted octanol–water partition coefficient (Wildman–Crippen LogP) is 0.717. The molecule has 0 aliphatic rings. The minimum atomic E-state index is 0.266. The average molecular weight is 448 g/mol. The molecule has 0 spiro atoms. The summed E-state index contributed by atoms with van der Waals surface area (Å²) < 4.78 is 0.988. The van der Waals surface area contributed by atoms with Gasteiger partial charge in [0.25, 0.3) is 0 Å². The molecule has 0 atom stereocenters. The van der Waals surface area contributed by atoms with Crippen LogP contribution in [0.5, 0.6) is 0 Å². The summed E-state index contributed by atoms with van der Waals surface area (Å²) in [5.74, 6) is 2.14. The van der Waals surface area contributed by atoms with Gasteiger partial charge in [-0.3, -0.25) is 0 Å². The molecule has 93 valence electrons. The number of carbonyl (C=O) groups is 1. The van der Waals surface area contributed by atoms with Crippen molar-refractivity contribution in [3.8, 4) is 0 Å². The first kappa shape index (κ1) is 14.8. The SMILES string of the molecule is CN(C)c1ncnc(CCSC(=O)C[CH2][Po])n1. The normalized spacial score (nSPS) is 10.3. The summed E-state index contributed by atoms with van der Waals surface area (Å²) in [6.45, 7) is 0. The second-order valence-corrected chi connectivity index (χ2v) is 6.26. The van der Waals surface area contributed by atoms with Crippen molar-refractivity contribution in [2.45, 2.75) is 16.9 Å². The Kier molecular flexibility index (Phi) is 6.90. The Morgan fingerprint density at radius 1 is 1.47 bits per heavy atom. The van der Waals surface area contributed by atoms with Gasteiger partial charge in [-0.15, -0.1) is 0 Å². The molecular formula is C10H15N4OPoS. The molecule has 17 heavy (non-hydrogen) atoms. The van der Waals surface area contributed by atoms with Crippen LogP contribution in [-0.2, 0) is 11.2 Å². The molecule has 1 rings (SSSR count). The summed E-state index contributed by atoms with van der Waals surface area (Å²) in [6, 6.07) is 0. The molecule has 1 heterocycles. The molecule has 0 bridgehead atoms. The minimum absolute atomic E-state index is 0.266. The van der Waals surface area contributed by atoms with Gasteiger partial charge in [0, 0.05) is 0 Å². The Morgan fingerprint density at radius 2 is 2.24 bits per heavy atom. The molecule has 0 N–H and O–H groups in total. The maximum absolute atomic E-state index is 11.3. The van der Waals surface area contributed by atoms with E-state index in [-0.39, 0.29) is 5.12 Å². The van der Waals surface area contributed by atoms with Crippen LogP contribution in [0.15, 0.2) is 6.33 Å². The molecule has 0 saturated heterocycles. The van der Waals surface area contributed by atoms with Crippen LogP contribution in [0.3, 0.4) is 0 Å². The van der Waals surface area contributed by atoms with E-state index in [0.717, 1.165) is 15.7 Å². The second-order valence-electron chi connectivity index (χ2n) is 3.52. The van der Waals surface area contributed by atoms with E-state index >= 15 is 0 Å². The summed E-state index contributed by atoms with van der Waals surface area (Å²) >= 11 is 2.83. The third-order valence-corrected chi connectivity index (χ3v) is 3.63. The van der Waals surface area contributed by atoms with Gasteiger partial charge in [0.1, 0.15) is 0 Å². The topological polar surface area (TPSA) is 59.0 Å². The summed E-state index contributed by atoms with van der Waals surface area (Å²) in [7, 11) is 3.78. The van der Waals surface area contributed by atoms with Crippen LogP contribution < -0.4 is 4.90 Å². The van der Waals surface area contributed by atoms with E-state index in [4.69, 9.17) is 0 Å². The van der Waals surface area contributed by atoms with Gasteiger partial charge >= 0.3 is 121 Å². The van der Waals surface area contributed by atoms with E-state index < -0.39 is 0 Å². The van der Waals surface area contributed by atoms with Gasteiger partial charge in [-0.2, -0.15) is 0 Å². The molecule has 0 fully saturated rings. The average Bonchev–Trinajstić information content (AvgIpc) is 2.30. The van der Waals surface area contributed by atoms with Crippen LogP contribution in [0.1, 0.15) is 12.2 Å². The van der Waals surface area contributed by atoms with E-state index in [9.17, 15) is 4.79 Å². The number of aromatic nitrogens is 3. The Labute approximate surface area is 121 Å². The summed E-state index contributed by atoms with van der Waals surface area (Å²) in [5, 5.41) is 0.266. The van der Waals surface area contributed by atoms with E-state index in [1.165, 1.54) is 43.2 Å². The van der Waals surface area contributed by atoms with Crippen LogP contribution in [0.4, 0.5) is 5.95 Å². The second kappa shape index (κ2) is 7.94. The molecule has 0 aliphatic heterocycles. The number of hydrogen-bond donors (Lipinski definition) is 0. The zero-order chi connectivity index (χ0) is 12.7. The standard InChI is InChI=1S/C10H15N4OS.Po/c1-4-9(15)16-6-5-8-11-7-12-10(13-8)14(2)3;/h7H,1,4-6H2,2-3H3;. The fourth-order valence-corrected chi connectivity index (χ4v) is 3.10. The van der Waals surface area contributed by atoms with Crippen LogP contribution in [0.2, 0.25) is 4.08 Å². The van der Waals surface area contributed by atoms with Crippen molar-refractivity contribution in [3.05, 3.63) is 12.2 Å². The Morgan fingerprint density at radius 3 is 2.88 bits per heavy atom. The van der Waals surface area contributed by atoms with Crippen molar-refractivity contribution >= 4 is 47.9 Å². The summed E-state index contributed by atoms with van der Waals surface area (Å²) in [6.07, 6.45) is 2.90. The van der Waals surface area contributed by atoms with Crippen LogP contribution in [0.25, 0.3) is 0 Å². The molecule has 0 unspecified atom stereocenters. The Hall–Kier alpha value is -0.274. The molecular weight excluding hydrogens is 433 g/mol. The molecule has 7 heteroatoms. The zero-order valence-corrected chi connectivity index (χ0v) is 13.9. The van der Waals surface area contributed by atoms with Gasteiger partial charge < -0.3 is 0 Å². The number of thioether (sulfide) groups is 1. The van der Waals surface area contributed by atoms with Crippen molar-refractivity contribution < 1.29 is 4.79 Å². The molecule has 0 aromatic carbocycles. The van der Waals surface area contributed by atoms with E-state index in [0.29, 0.717) is 18.8 Å². The Balaban J connectivity index is 2.41. The number of nitrogens with zero attached hydrogens (tertiary/aromatic N) is 4. The van der Waals surface area contributed by atoms with Crippen LogP contribution >= 0.6 is 11.8 Å². The van der Waals surface area contributed by atoms with Gasteiger partial charge in [-0.05, 0) is 0 Å². The fraction of sp³-hybridized carbons (Fsp3) is 0.600. The van der Waals surface area contributed by atoms with E-state index in [1.807, 2.05) is 19.0 Å². The predicted molar refractivity (Wildman–Crippen MR) is 70.5 cm³/mol. The van der Waals surface area contributed by atoms with E-state index in [1.54, 1.807) is 0 Å². The van der Waals surface area contributed by atoms with Crippen LogP contribution in [0, 0.1) is 0 Å². The monoisotopic (exact) mass is 448 g/mol. The summed E-state index contributed by atoms with van der Waals surface area (Å²) in [4.78, 5) is 25.6. The fourth-order valence-electron chi connectivity index (χ4n) is 1.07. The molecule has 1 aromatic rings. The van der Waals surface area contributed by atoms with E-state index in [2.05, 4.69) is 15.0 Å². The number of anilines is 1. The van der Waals surface area contributed by atoms with Crippen molar-refractivity contribution in [1.29, 1.82) is 0 Å². The number of rotatable bonds is 6. The third kappa shape index (κ3) is 5.74. The Bertz CT molecular complexity index is 375. The number of carbonyl (C=O) groups excluding carboxylic acids is 1. The molecule has 0 amide bonds. The van der Waals surface area contributed by atoms with Gasteiger partial charge in [0.2, 0.25) is 0 Å². The number of aryl methyl sites for hydroxylation is 1. The molecule has 0 saturated carbocycles. The first-order chi connectivity index (χ1) is 8.13. The van der Waals surface area contributed by atoms with Gasteiger partial charge in [-0.1, -0.05) is 0 Å². The van der Waals surface area contributed by atoms with Gasteiger partial charge in [0.05, 0.1) is 0 Å². The van der Waals surface area contributed by atoms with Crippen molar-refractivity contribution in [2.75, 3.05) is 24.7 Å². The number of hydrogen-bond acceptors (Lipinski definition) is 6. The zero-order valence-electron chi connectivity index (χ0n) is 9.92. The molecule has 1 aromatic heterocycles. The van der Waals surface area contributed by atoms with Gasteiger partial charge in [-0.25, -0.2) is 0 Å². The first-order valence-electron chi connectivity index (χ1n) is 5.22. The van der Waals surface area contributed by atoms with Crippen molar-refractivity contribution in [2.24, 2.45) is 0 Å². The van der Waals surface area contributed by atoms with Gasteiger partial charge in [0.15, 0.2) is 0 Å². The molecule has 5 nitrogen and oxygen atoms in total.